The average molecular weight is 421 g/mol. The van der Waals surface area contributed by atoms with Crippen LogP contribution < -0.4 is 0 Å². The van der Waals surface area contributed by atoms with Gasteiger partial charge in [0.25, 0.3) is 0 Å². The number of nitrogens with zero attached hydrogens (tertiary/aromatic N) is 2. The first-order valence-corrected chi connectivity index (χ1v) is 21.5. The van der Waals surface area contributed by atoms with Crippen molar-refractivity contribution < 1.29 is 0 Å². The van der Waals surface area contributed by atoms with E-state index < -0.39 is 29.6 Å². The Morgan fingerprint density at radius 1 is 0.824 bits per heavy atom. The number of hydrogen-bond acceptors (Lipinski definition) is 1. The predicted octanol–water partition coefficient (Wildman–Crippen LogP) is 5.89. The van der Waals surface area contributed by atoms with Crippen LogP contribution in [0.15, 0.2) is 4.41 Å². The monoisotopic (exact) mass is 420 g/mol. The zero-order chi connectivity index (χ0) is 14.3. The summed E-state index contributed by atoms with van der Waals surface area (Å²) in [5.41, 5.74) is 0. The molecule has 0 aromatic rings. The first-order valence-electron chi connectivity index (χ1n) is 6.19. The van der Waals surface area contributed by atoms with E-state index in [2.05, 4.69) is 91.6 Å². The van der Waals surface area contributed by atoms with E-state index in [0.717, 1.165) is 0 Å². The SMILES string of the molecule is C[Si](C)(C)N=P(C)(I)N([Si](C)(C)C)[Si](C)(C)C. The van der Waals surface area contributed by atoms with E-state index in [4.69, 9.17) is 4.41 Å². The zero-order valence-corrected chi connectivity index (χ0v) is 19.3. The molecule has 0 aromatic heterocycles. The molecule has 2 nitrogen and oxygen atoms in total. The van der Waals surface area contributed by atoms with Crippen LogP contribution in [-0.4, -0.2) is 35.4 Å². The van der Waals surface area contributed by atoms with Gasteiger partial charge in [0, 0.05) is 0 Å². The minimum Gasteiger partial charge on any atom is -0.317 e. The second-order valence-corrected chi connectivity index (χ2v) is 31.2. The molecule has 0 spiro atoms. The molecule has 0 amide bonds. The van der Waals surface area contributed by atoms with Crippen molar-refractivity contribution in [3.8, 4) is 0 Å². The van der Waals surface area contributed by atoms with Gasteiger partial charge in [0.1, 0.15) is 16.5 Å². The number of halogens is 1. The van der Waals surface area contributed by atoms with Crippen LogP contribution in [0.4, 0.5) is 0 Å². The molecule has 0 fully saturated rings. The van der Waals surface area contributed by atoms with E-state index in [1.807, 2.05) is 0 Å². The fourth-order valence-electron chi connectivity index (χ4n) is 2.69. The van der Waals surface area contributed by atoms with Gasteiger partial charge in [-0.3, -0.25) is 0 Å². The maximum absolute atomic E-state index is 5.31. The number of rotatable bonds is 4. The Hall–Kier alpha value is 1.57. The van der Waals surface area contributed by atoms with E-state index in [1.165, 1.54) is 0 Å². The van der Waals surface area contributed by atoms with Gasteiger partial charge in [0.15, 0.2) is 8.24 Å². The van der Waals surface area contributed by atoms with Gasteiger partial charge in [-0.15, -0.1) is 0 Å². The highest BCUT2D eigenvalue weighted by Gasteiger charge is 2.41. The van der Waals surface area contributed by atoms with Crippen molar-refractivity contribution in [2.45, 2.75) is 58.9 Å². The normalized spacial score (nSPS) is 18.1. The van der Waals surface area contributed by atoms with Crippen molar-refractivity contribution in [2.24, 2.45) is 4.41 Å². The van der Waals surface area contributed by atoms with Crippen LogP contribution in [0.2, 0.25) is 58.9 Å². The maximum atomic E-state index is 5.31. The van der Waals surface area contributed by atoms with Gasteiger partial charge in [-0.2, -0.15) is 0 Å². The highest BCUT2D eigenvalue weighted by Crippen LogP contribution is 2.63. The van der Waals surface area contributed by atoms with Gasteiger partial charge >= 0.3 is 0 Å². The van der Waals surface area contributed by atoms with Crippen LogP contribution in [0.5, 0.6) is 0 Å². The third-order valence-corrected chi connectivity index (χ3v) is 24.9. The lowest BCUT2D eigenvalue weighted by molar-refractivity contribution is 0.977. The first kappa shape index (κ1) is 18.6. The molecule has 1 unspecified atom stereocenters. The van der Waals surface area contributed by atoms with E-state index >= 15 is 0 Å². The summed E-state index contributed by atoms with van der Waals surface area (Å²) in [6.45, 7) is 24.3. The van der Waals surface area contributed by atoms with E-state index in [1.54, 1.807) is 0 Å². The van der Waals surface area contributed by atoms with Crippen LogP contribution in [0.1, 0.15) is 0 Å². The Morgan fingerprint density at radius 3 is 1.29 bits per heavy atom. The minimum atomic E-state index is -1.34. The predicted molar refractivity (Wildman–Crippen MR) is 101 cm³/mol. The molecule has 104 valence electrons. The van der Waals surface area contributed by atoms with Crippen LogP contribution in [-0.2, 0) is 0 Å². The van der Waals surface area contributed by atoms with Crippen molar-refractivity contribution in [3.05, 3.63) is 0 Å². The molecule has 1 atom stereocenters. The van der Waals surface area contributed by atoms with E-state index in [9.17, 15) is 0 Å². The Balaban J connectivity index is 5.74. The van der Waals surface area contributed by atoms with Gasteiger partial charge in [-0.1, -0.05) is 58.9 Å². The molecule has 17 heavy (non-hydrogen) atoms. The summed E-state index contributed by atoms with van der Waals surface area (Å²) in [5, 5.41) is 0. The minimum absolute atomic E-state index is 1.29. The van der Waals surface area contributed by atoms with E-state index in [-0.39, 0.29) is 0 Å². The molecule has 0 aliphatic carbocycles. The summed E-state index contributed by atoms with van der Waals surface area (Å²) in [4.78, 5) is -1.30. The van der Waals surface area contributed by atoms with Crippen LogP contribution >= 0.6 is 26.9 Å². The molecule has 7 heteroatoms. The zero-order valence-electron chi connectivity index (χ0n) is 13.2. The van der Waals surface area contributed by atoms with Crippen molar-refractivity contribution in [2.75, 3.05) is 6.66 Å². The molecule has 0 saturated heterocycles. The largest absolute Gasteiger partial charge is 0.317 e. The molecular weight excluding hydrogens is 390 g/mol. The Morgan fingerprint density at radius 2 is 1.12 bits per heavy atom. The summed E-state index contributed by atoms with van der Waals surface area (Å²) < 4.78 is 8.22. The van der Waals surface area contributed by atoms with Crippen molar-refractivity contribution in [1.82, 2.24) is 4.00 Å². The van der Waals surface area contributed by atoms with Gasteiger partial charge in [0.2, 0.25) is 0 Å². The first-order chi connectivity index (χ1) is 7.07. The number of hydrogen-bond donors (Lipinski definition) is 0. The van der Waals surface area contributed by atoms with Crippen molar-refractivity contribution in [3.63, 3.8) is 0 Å². The molecule has 0 aromatic carbocycles. The molecule has 0 saturated carbocycles. The fraction of sp³-hybridized carbons (Fsp3) is 1.00. The molecular formula is C10H30IN2PSi3. The molecule has 0 bridgehead atoms. The third kappa shape index (κ3) is 6.52. The standard InChI is InChI=1S/C10H30IN2PSi3/c1-14(11,12-15(2,3)4)13(16(5,6)7)17(8,9)10/h1-10H3. The Bertz CT molecular complexity index is 306. The van der Waals surface area contributed by atoms with Crippen LogP contribution in [0.25, 0.3) is 0 Å². The maximum Gasteiger partial charge on any atom is 0.172 e. The smallest absolute Gasteiger partial charge is 0.172 e. The van der Waals surface area contributed by atoms with Gasteiger partial charge in [-0.05, 0) is 28.7 Å². The molecule has 0 aliphatic heterocycles. The highest BCUT2D eigenvalue weighted by atomic mass is 127. The van der Waals surface area contributed by atoms with E-state index in [0.29, 0.717) is 0 Å². The average Bonchev–Trinajstić information content (AvgIpc) is 1.66. The lowest BCUT2D eigenvalue weighted by Crippen LogP contribution is -2.56. The summed E-state index contributed by atoms with van der Waals surface area (Å²) in [7, 11) is -3.93. The van der Waals surface area contributed by atoms with Gasteiger partial charge < -0.3 is 8.41 Å². The van der Waals surface area contributed by atoms with Gasteiger partial charge in [0.05, 0.1) is 4.85 Å². The van der Waals surface area contributed by atoms with Crippen LogP contribution in [0.3, 0.4) is 0 Å². The molecule has 0 radical (unpaired) electrons. The Labute approximate surface area is 125 Å². The lowest BCUT2D eigenvalue weighted by Gasteiger charge is -2.48. The van der Waals surface area contributed by atoms with Crippen LogP contribution in [0, 0.1) is 0 Å². The summed E-state index contributed by atoms with van der Waals surface area (Å²) in [6, 6.07) is 0. The van der Waals surface area contributed by atoms with Gasteiger partial charge in [-0.25, -0.2) is 0 Å². The van der Waals surface area contributed by atoms with Crippen molar-refractivity contribution in [1.29, 1.82) is 0 Å². The molecule has 0 N–H and O–H groups in total. The third-order valence-electron chi connectivity index (χ3n) is 2.12. The molecule has 0 rings (SSSR count). The molecule has 0 aliphatic rings. The Kier molecular flexibility index (Phi) is 6.03. The molecule has 0 heterocycles. The second-order valence-electron chi connectivity index (χ2n) is 7.73. The lowest BCUT2D eigenvalue weighted by atomic mass is 11.8. The summed E-state index contributed by atoms with van der Waals surface area (Å²) in [6.07, 6.45) is 0. The fourth-order valence-corrected chi connectivity index (χ4v) is 42.5. The topological polar surface area (TPSA) is 15.6 Å². The second kappa shape index (κ2) is 5.52. The highest BCUT2D eigenvalue weighted by molar-refractivity contribution is 14.2. The summed E-state index contributed by atoms with van der Waals surface area (Å²) in [5.74, 6) is 0. The quantitative estimate of drug-likeness (QED) is 0.315. The summed E-state index contributed by atoms with van der Waals surface area (Å²) >= 11 is 2.69. The van der Waals surface area contributed by atoms with Crippen molar-refractivity contribution >= 4 is 51.6 Å².